The number of carbonyl (C=O) groups is 1. The Balaban J connectivity index is 1.38. The minimum atomic E-state index is -1.52. The molecule has 1 fully saturated rings. The van der Waals surface area contributed by atoms with E-state index in [0.717, 1.165) is 53.0 Å². The fourth-order valence-corrected chi connectivity index (χ4v) is 10.8. The minimum Gasteiger partial charge on any atom is -0.493 e. The van der Waals surface area contributed by atoms with E-state index in [9.17, 15) is 30.2 Å². The fraction of sp³-hybridized carbons (Fsp3) is 0.418. The molecule has 3 aliphatic rings. The molecule has 3 N–H and O–H groups in total. The third-order valence-corrected chi connectivity index (χ3v) is 14.1. The largest absolute Gasteiger partial charge is 0.493 e. The van der Waals surface area contributed by atoms with E-state index in [-0.39, 0.29) is 82.7 Å². The number of ether oxygens (including phenoxy) is 4. The van der Waals surface area contributed by atoms with E-state index >= 15 is 0 Å². The van der Waals surface area contributed by atoms with E-state index in [1.54, 1.807) is 40.9 Å². The lowest BCUT2D eigenvalue weighted by Gasteiger charge is -2.60. The number of allylic oxidation sites excluding steroid dienone is 1. The maximum absolute atomic E-state index is 15.0. The highest BCUT2D eigenvalue weighted by molar-refractivity contribution is 7.99. The quantitative estimate of drug-likeness (QED) is 0.0123. The molecule has 0 spiro atoms. The van der Waals surface area contributed by atoms with Crippen molar-refractivity contribution in [1.29, 1.82) is 0 Å². The number of oxime groups is 1. The number of hydrogen-bond donors (Lipinski definition) is 3. The zero-order chi connectivity index (χ0) is 49.1. The van der Waals surface area contributed by atoms with Crippen LogP contribution in [0, 0.1) is 27.9 Å². The topological polar surface area (TPSA) is 183 Å². The molecular formula is C55H65N3O11S. The van der Waals surface area contributed by atoms with Crippen LogP contribution in [0.25, 0.3) is 6.08 Å². The Labute approximate surface area is 414 Å². The second-order valence-electron chi connectivity index (χ2n) is 17.6. The van der Waals surface area contributed by atoms with Crippen molar-refractivity contribution in [2.75, 3.05) is 58.5 Å². The fourth-order valence-electron chi connectivity index (χ4n) is 10.1. The summed E-state index contributed by atoms with van der Waals surface area (Å²) in [4.78, 5) is 35.0. The minimum absolute atomic E-state index is 0.00143. The Kier molecular flexibility index (Phi) is 19.6. The van der Waals surface area contributed by atoms with E-state index in [1.807, 2.05) is 60.7 Å². The van der Waals surface area contributed by atoms with Gasteiger partial charge in [-0.1, -0.05) is 78.7 Å². The summed E-state index contributed by atoms with van der Waals surface area (Å²) < 4.78 is 26.8. The van der Waals surface area contributed by atoms with Crippen molar-refractivity contribution in [3.05, 3.63) is 160 Å². The van der Waals surface area contributed by atoms with Crippen LogP contribution < -0.4 is 9.47 Å². The normalized spacial score (nSPS) is 21.8. The predicted molar refractivity (Wildman–Crippen MR) is 271 cm³/mol. The summed E-state index contributed by atoms with van der Waals surface area (Å²) in [5.41, 5.74) is 3.93. The lowest BCUT2D eigenvalue weighted by molar-refractivity contribution is -0.384. The van der Waals surface area contributed by atoms with Crippen molar-refractivity contribution in [3.63, 3.8) is 0 Å². The number of carbonyl (C=O) groups excluding carboxylic acids is 1. The molecule has 4 aromatic rings. The van der Waals surface area contributed by atoms with Gasteiger partial charge in [0.05, 0.1) is 49.6 Å². The standard InChI is InChI=1S/C55H65N3O11S/c1-2-31-67-55-51(57(27-32-65-33-30-61)52(62)26-21-40-19-22-43(23-20-40)58(63)64)38-49(56-68-39-41-13-5-3-6-14-41)47-36-42(15-9-11-28-59)46(18-10-12-29-60)53(54(47)55)48-37-44(24-25-50(48)69-55)66-34-35-70-45-16-7-4-8-17-45/h2-8,13-14,16-17,19-26,36-37,42,46,51,53-54,59-61H,1,9-12,15,18,27-35,38-39H2/t42-,46+,51-,53+,54+,55+/m0/s1. The van der Waals surface area contributed by atoms with Crippen molar-refractivity contribution in [1.82, 2.24) is 4.90 Å². The molecule has 15 heteroatoms. The number of aliphatic hydroxyl groups excluding tert-OH is 3. The molecule has 2 aliphatic carbocycles. The Morgan fingerprint density at radius 1 is 0.914 bits per heavy atom. The van der Waals surface area contributed by atoms with Crippen LogP contribution in [0.4, 0.5) is 5.69 Å². The monoisotopic (exact) mass is 975 g/mol. The van der Waals surface area contributed by atoms with Gasteiger partial charge in [-0.2, -0.15) is 0 Å². The molecule has 14 nitrogen and oxygen atoms in total. The lowest BCUT2D eigenvalue weighted by Crippen LogP contribution is -2.70. The third kappa shape index (κ3) is 13.1. The van der Waals surface area contributed by atoms with Gasteiger partial charge < -0.3 is 44.0 Å². The molecule has 0 bridgehead atoms. The second-order valence-corrected chi connectivity index (χ2v) is 18.8. The SMILES string of the molecule is C=CCO[C@@]12Oc3ccc(OCCSc4ccccc4)cc3[C@H]3[C@H](CCCCO)[C@@H](CCCCO)C=C(C(=NOCc4ccccc4)C[C@@H]1N(CCOCCO)C(=O)C=Cc1ccc([N+](=O)[O-])cc1)[C@H]32. The number of aliphatic hydroxyl groups is 3. The van der Waals surface area contributed by atoms with Crippen molar-refractivity contribution in [3.8, 4) is 11.5 Å². The van der Waals surface area contributed by atoms with Gasteiger partial charge in [-0.25, -0.2) is 0 Å². The van der Waals surface area contributed by atoms with Crippen LogP contribution in [-0.2, 0) is 25.7 Å². The highest BCUT2D eigenvalue weighted by atomic mass is 32.2. The highest BCUT2D eigenvalue weighted by Crippen LogP contribution is 2.62. The van der Waals surface area contributed by atoms with Crippen LogP contribution in [0.2, 0.25) is 0 Å². The number of fused-ring (bicyclic) bond motifs is 2. The van der Waals surface area contributed by atoms with Crippen LogP contribution >= 0.6 is 11.8 Å². The van der Waals surface area contributed by atoms with Gasteiger partial charge in [-0.05, 0) is 103 Å². The first-order valence-corrected chi connectivity index (χ1v) is 25.3. The van der Waals surface area contributed by atoms with Gasteiger partial charge in [0.2, 0.25) is 11.7 Å². The Morgan fingerprint density at radius 2 is 1.66 bits per heavy atom. The molecule has 0 aromatic heterocycles. The summed E-state index contributed by atoms with van der Waals surface area (Å²) in [6.45, 7) is 4.95. The van der Waals surface area contributed by atoms with Crippen LogP contribution in [0.3, 0.4) is 0 Å². The molecule has 1 amide bonds. The van der Waals surface area contributed by atoms with Crippen molar-refractivity contribution in [2.24, 2.45) is 22.9 Å². The van der Waals surface area contributed by atoms with Crippen LogP contribution in [-0.4, -0.2) is 107 Å². The number of hydrogen-bond acceptors (Lipinski definition) is 13. The summed E-state index contributed by atoms with van der Waals surface area (Å²) in [6, 6.07) is 31.0. The van der Waals surface area contributed by atoms with E-state index in [2.05, 4.69) is 30.9 Å². The van der Waals surface area contributed by atoms with E-state index in [0.29, 0.717) is 42.2 Å². The lowest BCUT2D eigenvalue weighted by atomic mass is 9.55. The molecule has 7 rings (SSSR count). The van der Waals surface area contributed by atoms with Crippen LogP contribution in [0.15, 0.2) is 144 Å². The van der Waals surface area contributed by atoms with Gasteiger partial charge in [0.1, 0.15) is 24.1 Å². The molecule has 0 saturated heterocycles. The van der Waals surface area contributed by atoms with Gasteiger partial charge in [0.25, 0.3) is 5.69 Å². The summed E-state index contributed by atoms with van der Waals surface area (Å²) in [6.07, 6.45) is 11.6. The maximum Gasteiger partial charge on any atom is 0.269 e. The van der Waals surface area contributed by atoms with Gasteiger partial charge in [-0.3, -0.25) is 14.9 Å². The van der Waals surface area contributed by atoms with Gasteiger partial charge in [0, 0.05) is 66.5 Å². The van der Waals surface area contributed by atoms with Gasteiger partial charge >= 0.3 is 0 Å². The van der Waals surface area contributed by atoms with Crippen LogP contribution in [0.1, 0.15) is 67.6 Å². The second kappa shape index (κ2) is 26.4. The summed E-state index contributed by atoms with van der Waals surface area (Å²) in [5, 5.41) is 46.1. The Morgan fingerprint density at radius 3 is 2.37 bits per heavy atom. The van der Waals surface area contributed by atoms with Gasteiger partial charge in [-0.15, -0.1) is 18.3 Å². The number of nitro benzene ring substituents is 1. The number of amides is 1. The molecule has 1 heterocycles. The molecular weight excluding hydrogens is 911 g/mol. The molecule has 70 heavy (non-hydrogen) atoms. The molecule has 4 aromatic carbocycles. The summed E-state index contributed by atoms with van der Waals surface area (Å²) in [7, 11) is 0. The predicted octanol–water partition coefficient (Wildman–Crippen LogP) is 9.15. The Hall–Kier alpha value is -5.81. The summed E-state index contributed by atoms with van der Waals surface area (Å²) >= 11 is 1.72. The molecule has 0 radical (unpaired) electrons. The first-order chi connectivity index (χ1) is 34.3. The maximum atomic E-state index is 15.0. The molecule has 1 saturated carbocycles. The first-order valence-electron chi connectivity index (χ1n) is 24.3. The summed E-state index contributed by atoms with van der Waals surface area (Å²) in [5.74, 6) is -0.687. The number of nitrogens with zero attached hydrogens (tertiary/aromatic N) is 3. The first kappa shape index (κ1) is 52.0. The molecule has 372 valence electrons. The third-order valence-electron chi connectivity index (χ3n) is 13.2. The molecule has 6 atom stereocenters. The Bertz CT molecular complexity index is 2400. The molecule has 1 aliphatic heterocycles. The molecule has 0 unspecified atom stereocenters. The zero-order valence-corrected chi connectivity index (χ0v) is 40.4. The number of benzene rings is 4. The smallest absolute Gasteiger partial charge is 0.269 e. The van der Waals surface area contributed by atoms with Crippen molar-refractivity contribution >= 4 is 35.1 Å². The average molecular weight is 976 g/mol. The van der Waals surface area contributed by atoms with Crippen molar-refractivity contribution < 1.29 is 48.8 Å². The number of rotatable bonds is 28. The van der Waals surface area contributed by atoms with E-state index in [1.165, 1.54) is 18.2 Å². The van der Waals surface area contributed by atoms with Crippen LogP contribution in [0.5, 0.6) is 11.5 Å². The number of unbranched alkanes of at least 4 members (excludes halogenated alkanes) is 2. The number of thioether (sulfide) groups is 1. The average Bonchev–Trinajstić information content (AvgIpc) is 3.38. The van der Waals surface area contributed by atoms with Gasteiger partial charge in [0.15, 0.2) is 0 Å². The van der Waals surface area contributed by atoms with E-state index in [4.69, 9.17) is 28.9 Å². The zero-order valence-electron chi connectivity index (χ0n) is 39.6. The van der Waals surface area contributed by atoms with Crippen molar-refractivity contribution in [2.45, 2.75) is 74.2 Å². The number of non-ortho nitro benzene ring substituents is 1. The highest BCUT2D eigenvalue weighted by Gasteiger charge is 2.65. The number of nitro groups is 1. The van der Waals surface area contributed by atoms with E-state index < -0.39 is 28.6 Å².